The van der Waals surface area contributed by atoms with Crippen LogP contribution in [0.1, 0.15) is 11.7 Å². The highest BCUT2D eigenvalue weighted by atomic mass is 32.1. The second-order valence-electron chi connectivity index (χ2n) is 5.21. The van der Waals surface area contributed by atoms with E-state index in [0.29, 0.717) is 11.4 Å². The standard InChI is InChI=1S/C17H13N3O3S/c21-17(16-13-6-1-2-7-15(13)22-10-23-16)18-12-5-3-4-11(8-12)14-9-24-20-19-14/h1-9,16H,10H2,(H,18,21)/t16-/m1/s1. The molecule has 1 atom stereocenters. The molecule has 3 aromatic rings. The lowest BCUT2D eigenvalue weighted by molar-refractivity contribution is -0.136. The van der Waals surface area contributed by atoms with Crippen molar-refractivity contribution in [2.45, 2.75) is 6.10 Å². The third kappa shape index (κ3) is 2.86. The van der Waals surface area contributed by atoms with Gasteiger partial charge >= 0.3 is 0 Å². The number of aromatic nitrogens is 2. The van der Waals surface area contributed by atoms with Gasteiger partial charge in [-0.2, -0.15) is 0 Å². The maximum Gasteiger partial charge on any atom is 0.258 e. The van der Waals surface area contributed by atoms with E-state index < -0.39 is 6.10 Å². The van der Waals surface area contributed by atoms with Gasteiger partial charge in [-0.3, -0.25) is 4.79 Å². The molecule has 0 radical (unpaired) electrons. The van der Waals surface area contributed by atoms with E-state index in [0.717, 1.165) is 16.8 Å². The highest BCUT2D eigenvalue weighted by Gasteiger charge is 2.28. The van der Waals surface area contributed by atoms with Gasteiger partial charge in [-0.1, -0.05) is 34.8 Å². The minimum Gasteiger partial charge on any atom is -0.467 e. The molecule has 0 unspecified atom stereocenters. The Labute approximate surface area is 142 Å². The summed E-state index contributed by atoms with van der Waals surface area (Å²) in [6, 6.07) is 14.9. The molecule has 0 saturated carbocycles. The number of carbonyl (C=O) groups is 1. The van der Waals surface area contributed by atoms with Crippen LogP contribution >= 0.6 is 11.5 Å². The van der Waals surface area contributed by atoms with Crippen molar-refractivity contribution < 1.29 is 14.3 Å². The summed E-state index contributed by atoms with van der Waals surface area (Å²) in [5.74, 6) is 0.436. The molecule has 120 valence electrons. The Kier molecular flexibility index (Phi) is 3.94. The summed E-state index contributed by atoms with van der Waals surface area (Å²) in [4.78, 5) is 12.6. The molecule has 0 saturated heterocycles. The number of para-hydroxylation sites is 1. The molecule has 4 rings (SSSR count). The molecule has 1 aliphatic heterocycles. The molecule has 0 bridgehead atoms. The van der Waals surface area contributed by atoms with Crippen LogP contribution in [0.2, 0.25) is 0 Å². The summed E-state index contributed by atoms with van der Waals surface area (Å²) in [6.07, 6.45) is -0.695. The average molecular weight is 339 g/mol. The zero-order chi connectivity index (χ0) is 16.4. The molecular formula is C17H13N3O3S. The van der Waals surface area contributed by atoms with Gasteiger partial charge in [-0.05, 0) is 29.7 Å². The fraction of sp³-hybridized carbons (Fsp3) is 0.118. The third-order valence-corrected chi connectivity index (χ3v) is 4.18. The molecule has 2 aromatic carbocycles. The van der Waals surface area contributed by atoms with Gasteiger partial charge in [0.15, 0.2) is 12.9 Å². The van der Waals surface area contributed by atoms with Crippen molar-refractivity contribution in [3.05, 3.63) is 59.5 Å². The number of fused-ring (bicyclic) bond motifs is 1. The number of nitrogens with zero attached hydrogens (tertiary/aromatic N) is 2. The van der Waals surface area contributed by atoms with Crippen LogP contribution in [0.5, 0.6) is 5.75 Å². The van der Waals surface area contributed by atoms with Gasteiger partial charge in [0.1, 0.15) is 11.4 Å². The van der Waals surface area contributed by atoms with Crippen LogP contribution in [0.3, 0.4) is 0 Å². The number of anilines is 1. The summed E-state index contributed by atoms with van der Waals surface area (Å²) in [5.41, 5.74) is 3.08. The first kappa shape index (κ1) is 14.8. The minimum absolute atomic E-state index is 0.0552. The predicted octanol–water partition coefficient (Wildman–Crippen LogP) is 3.25. The molecular weight excluding hydrogens is 326 g/mol. The topological polar surface area (TPSA) is 73.3 Å². The van der Waals surface area contributed by atoms with Crippen molar-refractivity contribution in [2.24, 2.45) is 0 Å². The van der Waals surface area contributed by atoms with Gasteiger partial charge < -0.3 is 14.8 Å². The van der Waals surface area contributed by atoms with Crippen LogP contribution in [0, 0.1) is 0 Å². The summed E-state index contributed by atoms with van der Waals surface area (Å²) in [7, 11) is 0. The smallest absolute Gasteiger partial charge is 0.258 e. The fourth-order valence-corrected chi connectivity index (χ4v) is 3.02. The Hall–Kier alpha value is -2.77. The first-order chi connectivity index (χ1) is 11.8. The molecule has 1 aliphatic rings. The third-order valence-electron chi connectivity index (χ3n) is 3.67. The fourth-order valence-electron chi connectivity index (χ4n) is 2.56. The Morgan fingerprint density at radius 3 is 3.00 bits per heavy atom. The second-order valence-corrected chi connectivity index (χ2v) is 5.82. The lowest BCUT2D eigenvalue weighted by atomic mass is 10.1. The van der Waals surface area contributed by atoms with E-state index in [1.165, 1.54) is 11.5 Å². The number of hydrogen-bond acceptors (Lipinski definition) is 6. The van der Waals surface area contributed by atoms with E-state index in [9.17, 15) is 4.79 Å². The molecule has 0 spiro atoms. The van der Waals surface area contributed by atoms with E-state index in [-0.39, 0.29) is 12.7 Å². The Bertz CT molecular complexity index is 867. The van der Waals surface area contributed by atoms with Crippen LogP contribution < -0.4 is 10.1 Å². The van der Waals surface area contributed by atoms with Crippen LogP contribution in [-0.2, 0) is 9.53 Å². The van der Waals surface area contributed by atoms with E-state index in [2.05, 4.69) is 14.9 Å². The van der Waals surface area contributed by atoms with E-state index >= 15 is 0 Å². The molecule has 0 aliphatic carbocycles. The number of rotatable bonds is 3. The number of nitrogens with one attached hydrogen (secondary N) is 1. The highest BCUT2D eigenvalue weighted by Crippen LogP contribution is 2.32. The van der Waals surface area contributed by atoms with Crippen molar-refractivity contribution in [1.82, 2.24) is 9.59 Å². The molecule has 7 heteroatoms. The minimum atomic E-state index is -0.695. The molecule has 1 amide bonds. The van der Waals surface area contributed by atoms with Crippen molar-refractivity contribution in [3.8, 4) is 17.0 Å². The van der Waals surface area contributed by atoms with Crippen molar-refractivity contribution >= 4 is 23.1 Å². The SMILES string of the molecule is O=C(Nc1cccc(-c2csnn2)c1)[C@@H]1OCOc2ccccc21. The van der Waals surface area contributed by atoms with E-state index in [1.807, 2.05) is 53.9 Å². The van der Waals surface area contributed by atoms with Crippen LogP contribution in [0.15, 0.2) is 53.9 Å². The van der Waals surface area contributed by atoms with Gasteiger partial charge in [0.25, 0.3) is 5.91 Å². The maximum absolute atomic E-state index is 12.6. The van der Waals surface area contributed by atoms with Gasteiger partial charge in [0.05, 0.1) is 0 Å². The van der Waals surface area contributed by atoms with E-state index in [1.54, 1.807) is 0 Å². The highest BCUT2D eigenvalue weighted by molar-refractivity contribution is 7.03. The average Bonchev–Trinajstić information content (AvgIpc) is 3.16. The molecule has 1 N–H and O–H groups in total. The molecule has 2 heterocycles. The Morgan fingerprint density at radius 1 is 1.21 bits per heavy atom. The van der Waals surface area contributed by atoms with Crippen LogP contribution in [0.25, 0.3) is 11.3 Å². The predicted molar refractivity (Wildman–Crippen MR) is 89.7 cm³/mol. The quantitative estimate of drug-likeness (QED) is 0.793. The summed E-state index contributed by atoms with van der Waals surface area (Å²) < 4.78 is 14.7. The zero-order valence-electron chi connectivity index (χ0n) is 12.5. The lowest BCUT2D eigenvalue weighted by Gasteiger charge is -2.25. The normalized spacial score (nSPS) is 16.1. The lowest BCUT2D eigenvalue weighted by Crippen LogP contribution is -2.28. The van der Waals surface area contributed by atoms with Crippen molar-refractivity contribution in [1.29, 1.82) is 0 Å². The number of hydrogen-bond donors (Lipinski definition) is 1. The summed E-state index contributed by atoms with van der Waals surface area (Å²) >= 11 is 1.29. The molecule has 24 heavy (non-hydrogen) atoms. The first-order valence-corrected chi connectivity index (χ1v) is 8.16. The van der Waals surface area contributed by atoms with Crippen molar-refractivity contribution in [2.75, 3.05) is 12.1 Å². The van der Waals surface area contributed by atoms with Gasteiger partial charge in [0, 0.05) is 22.2 Å². The molecule has 6 nitrogen and oxygen atoms in total. The maximum atomic E-state index is 12.6. The number of carbonyl (C=O) groups excluding carboxylic acids is 1. The van der Waals surface area contributed by atoms with E-state index in [4.69, 9.17) is 9.47 Å². The number of ether oxygens (including phenoxy) is 2. The molecule has 0 fully saturated rings. The van der Waals surface area contributed by atoms with Gasteiger partial charge in [-0.25, -0.2) is 0 Å². The van der Waals surface area contributed by atoms with Crippen LogP contribution in [-0.4, -0.2) is 22.3 Å². The van der Waals surface area contributed by atoms with Crippen LogP contribution in [0.4, 0.5) is 5.69 Å². The first-order valence-electron chi connectivity index (χ1n) is 7.33. The monoisotopic (exact) mass is 339 g/mol. The largest absolute Gasteiger partial charge is 0.467 e. The zero-order valence-corrected chi connectivity index (χ0v) is 13.3. The van der Waals surface area contributed by atoms with Crippen molar-refractivity contribution in [3.63, 3.8) is 0 Å². The Balaban J connectivity index is 1.56. The Morgan fingerprint density at radius 2 is 2.12 bits per heavy atom. The summed E-state index contributed by atoms with van der Waals surface area (Å²) in [5, 5.41) is 8.79. The number of benzene rings is 2. The summed E-state index contributed by atoms with van der Waals surface area (Å²) in [6.45, 7) is 0.0552. The number of amides is 1. The van der Waals surface area contributed by atoms with Gasteiger partial charge in [0.2, 0.25) is 0 Å². The molecule has 1 aromatic heterocycles. The van der Waals surface area contributed by atoms with Gasteiger partial charge in [-0.15, -0.1) is 5.10 Å². The second kappa shape index (κ2) is 6.38.